The lowest BCUT2D eigenvalue weighted by atomic mass is 9.96. The average Bonchev–Trinajstić information content (AvgIpc) is 2.67. The molecule has 34 heavy (non-hydrogen) atoms. The SMILES string of the molecule is CCC(C)[C@H](NC(=O)OC(C)(C)C)C(=O)NC(CC(C)C)C(=O)NC(CC(F)F)C(=O)C(=O)O. The minimum Gasteiger partial charge on any atom is -0.475 e. The molecule has 0 bridgehead atoms. The lowest BCUT2D eigenvalue weighted by molar-refractivity contribution is -0.151. The zero-order valence-electron chi connectivity index (χ0n) is 20.7. The van der Waals surface area contributed by atoms with Gasteiger partial charge in [-0.1, -0.05) is 34.1 Å². The van der Waals surface area contributed by atoms with E-state index in [1.54, 1.807) is 48.5 Å². The number of carbonyl (C=O) groups is 5. The van der Waals surface area contributed by atoms with Crippen molar-refractivity contribution in [1.82, 2.24) is 16.0 Å². The highest BCUT2D eigenvalue weighted by molar-refractivity contribution is 6.35. The van der Waals surface area contributed by atoms with Gasteiger partial charge in [-0.3, -0.25) is 14.4 Å². The number of rotatable bonds is 13. The van der Waals surface area contributed by atoms with Gasteiger partial charge in [0.25, 0.3) is 5.78 Å². The summed E-state index contributed by atoms with van der Waals surface area (Å²) in [4.78, 5) is 60.7. The Bertz CT molecular complexity index is 739. The van der Waals surface area contributed by atoms with Gasteiger partial charge in [0.15, 0.2) is 0 Å². The molecule has 0 saturated carbocycles. The first-order valence-electron chi connectivity index (χ1n) is 11.1. The molecule has 3 amide bonds. The summed E-state index contributed by atoms with van der Waals surface area (Å²) >= 11 is 0. The summed E-state index contributed by atoms with van der Waals surface area (Å²) in [5.74, 6) is -5.74. The molecule has 3 unspecified atom stereocenters. The van der Waals surface area contributed by atoms with E-state index in [0.29, 0.717) is 6.42 Å². The van der Waals surface area contributed by atoms with Crippen LogP contribution in [0, 0.1) is 11.8 Å². The van der Waals surface area contributed by atoms with Crippen molar-refractivity contribution in [2.75, 3.05) is 0 Å². The van der Waals surface area contributed by atoms with Gasteiger partial charge >= 0.3 is 12.1 Å². The molecule has 0 fully saturated rings. The Morgan fingerprint density at radius 1 is 0.882 bits per heavy atom. The van der Waals surface area contributed by atoms with E-state index >= 15 is 0 Å². The quantitative estimate of drug-likeness (QED) is 0.287. The van der Waals surface area contributed by atoms with Gasteiger partial charge in [0.1, 0.15) is 23.7 Å². The number of aliphatic carboxylic acids is 1. The number of alkyl halides is 2. The fourth-order valence-corrected chi connectivity index (χ4v) is 2.93. The number of Topliss-reactive ketones (excluding diaryl/α,β-unsaturated/α-hetero) is 1. The number of amides is 3. The zero-order chi connectivity index (χ0) is 26.8. The van der Waals surface area contributed by atoms with Crippen LogP contribution in [0.2, 0.25) is 0 Å². The molecule has 0 radical (unpaired) electrons. The number of carbonyl (C=O) groups excluding carboxylic acids is 4. The Morgan fingerprint density at radius 2 is 1.41 bits per heavy atom. The second-order valence-corrected chi connectivity index (χ2v) is 9.56. The number of hydrogen-bond acceptors (Lipinski definition) is 6. The Balaban J connectivity index is 5.69. The van der Waals surface area contributed by atoms with Crippen molar-refractivity contribution in [3.8, 4) is 0 Å². The lowest BCUT2D eigenvalue weighted by Crippen LogP contribution is -2.58. The van der Waals surface area contributed by atoms with E-state index in [-0.39, 0.29) is 18.3 Å². The summed E-state index contributed by atoms with van der Waals surface area (Å²) in [5, 5.41) is 15.9. The fraction of sp³-hybridized carbons (Fsp3) is 0.773. The Morgan fingerprint density at radius 3 is 1.82 bits per heavy atom. The van der Waals surface area contributed by atoms with E-state index in [2.05, 4.69) is 10.6 Å². The topological polar surface area (TPSA) is 151 Å². The molecular weight excluding hydrogens is 456 g/mol. The molecule has 0 aliphatic heterocycles. The van der Waals surface area contributed by atoms with Crippen molar-refractivity contribution in [3.63, 3.8) is 0 Å². The maximum atomic E-state index is 13.0. The van der Waals surface area contributed by atoms with Crippen molar-refractivity contribution in [3.05, 3.63) is 0 Å². The van der Waals surface area contributed by atoms with E-state index in [0.717, 1.165) is 0 Å². The van der Waals surface area contributed by atoms with Crippen LogP contribution in [0.15, 0.2) is 0 Å². The first kappa shape index (κ1) is 31.2. The molecule has 10 nitrogen and oxygen atoms in total. The number of ether oxygens (including phenoxy) is 1. The van der Waals surface area contributed by atoms with Gasteiger partial charge in [-0.25, -0.2) is 18.4 Å². The van der Waals surface area contributed by atoms with Crippen molar-refractivity contribution in [2.45, 2.75) is 97.9 Å². The number of ketones is 1. The minimum atomic E-state index is -3.04. The number of carboxylic acids is 1. The highest BCUT2D eigenvalue weighted by Crippen LogP contribution is 2.14. The summed E-state index contributed by atoms with van der Waals surface area (Å²) in [5.41, 5.74) is -0.809. The van der Waals surface area contributed by atoms with Crippen LogP contribution in [0.1, 0.15) is 67.7 Å². The molecule has 4 N–H and O–H groups in total. The Kier molecular flexibility index (Phi) is 12.7. The molecule has 0 spiro atoms. The van der Waals surface area contributed by atoms with Crippen LogP contribution in [-0.4, -0.2) is 64.9 Å². The molecule has 4 atom stereocenters. The minimum absolute atomic E-state index is 0.0693. The van der Waals surface area contributed by atoms with Gasteiger partial charge in [0, 0.05) is 6.42 Å². The van der Waals surface area contributed by atoms with Crippen LogP contribution in [0.5, 0.6) is 0 Å². The number of hydrogen-bond donors (Lipinski definition) is 4. The van der Waals surface area contributed by atoms with Crippen molar-refractivity contribution in [2.24, 2.45) is 11.8 Å². The second-order valence-electron chi connectivity index (χ2n) is 9.56. The largest absolute Gasteiger partial charge is 0.475 e. The maximum absolute atomic E-state index is 13.0. The summed E-state index contributed by atoms with van der Waals surface area (Å²) in [6.45, 7) is 12.0. The third-order valence-corrected chi connectivity index (χ3v) is 4.77. The molecule has 12 heteroatoms. The number of halogens is 2. The molecule has 196 valence electrons. The second kappa shape index (κ2) is 13.8. The lowest BCUT2D eigenvalue weighted by Gasteiger charge is -2.29. The smallest absolute Gasteiger partial charge is 0.408 e. The van der Waals surface area contributed by atoms with E-state index in [4.69, 9.17) is 9.84 Å². The highest BCUT2D eigenvalue weighted by atomic mass is 19.3. The number of alkyl carbamates (subject to hydrolysis) is 1. The van der Waals surface area contributed by atoms with Crippen molar-refractivity contribution in [1.29, 1.82) is 0 Å². The van der Waals surface area contributed by atoms with Crippen molar-refractivity contribution < 1.29 is 42.6 Å². The highest BCUT2D eigenvalue weighted by Gasteiger charge is 2.35. The van der Waals surface area contributed by atoms with Crippen LogP contribution in [0.4, 0.5) is 13.6 Å². The molecule has 0 aliphatic carbocycles. The monoisotopic (exact) mass is 493 g/mol. The number of carboxylic acid groups (broad SMARTS) is 1. The summed E-state index contributed by atoms with van der Waals surface area (Å²) in [7, 11) is 0. The van der Waals surface area contributed by atoms with Gasteiger partial charge in [-0.2, -0.15) is 0 Å². The molecule has 0 aliphatic rings. The van der Waals surface area contributed by atoms with Crippen LogP contribution in [0.3, 0.4) is 0 Å². The third kappa shape index (κ3) is 11.9. The van der Waals surface area contributed by atoms with Gasteiger partial charge in [-0.15, -0.1) is 0 Å². The molecule has 0 aromatic rings. The van der Waals surface area contributed by atoms with Gasteiger partial charge in [0.05, 0.1) is 0 Å². The van der Waals surface area contributed by atoms with Gasteiger partial charge in [-0.05, 0) is 39.0 Å². The standard InChI is InChI=1S/C22H37F2N3O7/c1-8-12(4)16(27-21(33)34-22(5,6)7)19(30)26-14(9-11(2)3)18(29)25-13(10-15(23)24)17(28)20(31)32/h11-16H,8-10H2,1-7H3,(H,25,29)(H,26,30)(H,27,33)(H,31,32)/t12?,13?,14?,16-/m0/s1. The predicted octanol–water partition coefficient (Wildman–Crippen LogP) is 2.25. The summed E-state index contributed by atoms with van der Waals surface area (Å²) in [6.07, 6.45) is -4.49. The Labute approximate surface area is 198 Å². The predicted molar refractivity (Wildman–Crippen MR) is 119 cm³/mol. The summed E-state index contributed by atoms with van der Waals surface area (Å²) in [6, 6.07) is -4.29. The zero-order valence-corrected chi connectivity index (χ0v) is 20.7. The molecular formula is C22H37F2N3O7. The fourth-order valence-electron chi connectivity index (χ4n) is 2.93. The average molecular weight is 494 g/mol. The number of nitrogens with one attached hydrogen (secondary N) is 3. The molecule has 0 aromatic carbocycles. The normalized spacial score (nSPS) is 15.1. The van der Waals surface area contributed by atoms with E-state index in [9.17, 15) is 32.8 Å². The van der Waals surface area contributed by atoms with Gasteiger partial charge in [0.2, 0.25) is 18.2 Å². The molecule has 0 heterocycles. The molecule has 0 rings (SSSR count). The van der Waals surface area contributed by atoms with Gasteiger partial charge < -0.3 is 25.8 Å². The van der Waals surface area contributed by atoms with Crippen LogP contribution < -0.4 is 16.0 Å². The van der Waals surface area contributed by atoms with Crippen molar-refractivity contribution >= 4 is 29.7 Å². The first-order valence-corrected chi connectivity index (χ1v) is 11.1. The summed E-state index contributed by atoms with van der Waals surface area (Å²) < 4.78 is 30.9. The Hall–Kier alpha value is -2.79. The van der Waals surface area contributed by atoms with E-state index in [1.165, 1.54) is 0 Å². The maximum Gasteiger partial charge on any atom is 0.408 e. The van der Waals surface area contributed by atoms with E-state index < -0.39 is 66.2 Å². The van der Waals surface area contributed by atoms with Crippen LogP contribution in [0.25, 0.3) is 0 Å². The van der Waals surface area contributed by atoms with Crippen LogP contribution >= 0.6 is 0 Å². The first-order chi connectivity index (χ1) is 15.5. The molecule has 0 aromatic heterocycles. The van der Waals surface area contributed by atoms with E-state index in [1.807, 2.05) is 5.32 Å². The van der Waals surface area contributed by atoms with Crippen LogP contribution in [-0.2, 0) is 23.9 Å². The molecule has 0 saturated heterocycles. The third-order valence-electron chi connectivity index (χ3n) is 4.77.